The van der Waals surface area contributed by atoms with Crippen molar-refractivity contribution in [3.05, 3.63) is 36.5 Å². The number of aliphatic carboxylic acids is 1. The molecule has 0 spiro atoms. The van der Waals surface area contributed by atoms with Gasteiger partial charge in [-0.05, 0) is 44.9 Å². The molecule has 0 saturated heterocycles. The first-order valence-electron chi connectivity index (χ1n) is 16.5. The predicted molar refractivity (Wildman–Crippen MR) is 176 cm³/mol. The Morgan fingerprint density at radius 3 is 1.93 bits per heavy atom. The van der Waals surface area contributed by atoms with E-state index in [-0.39, 0.29) is 12.8 Å². The zero-order valence-electron chi connectivity index (χ0n) is 27.4. The molecule has 0 bridgehead atoms. The Balaban J connectivity index is 3.99. The van der Waals surface area contributed by atoms with Crippen LogP contribution in [0.3, 0.4) is 0 Å². The number of nitrogens with one attached hydrogen (secondary N) is 1. The smallest absolute Gasteiger partial charge is 0.472 e. The van der Waals surface area contributed by atoms with Gasteiger partial charge in [-0.25, -0.2) is 9.36 Å². The van der Waals surface area contributed by atoms with E-state index in [1.807, 2.05) is 0 Å². The van der Waals surface area contributed by atoms with E-state index < -0.39 is 57.6 Å². The van der Waals surface area contributed by atoms with E-state index in [0.717, 1.165) is 83.5 Å². The fourth-order valence-corrected chi connectivity index (χ4v) is 4.86. The summed E-state index contributed by atoms with van der Waals surface area (Å²) in [5, 5.41) is 21.5. The van der Waals surface area contributed by atoms with E-state index in [4.69, 9.17) is 13.8 Å². The van der Waals surface area contributed by atoms with Gasteiger partial charge in [-0.1, -0.05) is 102 Å². The Bertz CT molecular complexity index is 921. The fourth-order valence-electron chi connectivity index (χ4n) is 4.09. The standard InChI is InChI=1S/C33H58NO10P/c1-3-5-7-9-11-12-13-14-15-16-17-18-19-21-23-25-32(37)42-26-29(35)27-43-45(40,41)44-28-30(33(38)39)34-31(36)24-22-20-10-8-6-4-2/h5,7,11-12,14-15,29-30,35H,3-4,6,8-10,13,16-28H2,1-2H3,(H,34,36)(H,38,39)(H,40,41)/b7-5-,12-11-,15-14-. The van der Waals surface area contributed by atoms with Gasteiger partial charge in [0.1, 0.15) is 12.7 Å². The van der Waals surface area contributed by atoms with Crippen LogP contribution in [-0.2, 0) is 32.7 Å². The SMILES string of the molecule is CC/C=C\C/C=C\C/C=C\CCCCCCCC(=O)OCC(O)COP(=O)(O)OCC(NC(=O)CCCCCCCC)C(=O)O. The second-order valence-electron chi connectivity index (χ2n) is 11.0. The number of carboxylic acids is 1. The molecular formula is C33H58NO10P. The number of carboxylic acid groups (broad SMARTS) is 1. The number of phosphoric ester groups is 1. The summed E-state index contributed by atoms with van der Waals surface area (Å²) in [5.41, 5.74) is 0. The highest BCUT2D eigenvalue weighted by Crippen LogP contribution is 2.43. The Morgan fingerprint density at radius 2 is 1.29 bits per heavy atom. The Morgan fingerprint density at radius 1 is 0.733 bits per heavy atom. The molecule has 0 heterocycles. The number of rotatable bonds is 30. The second-order valence-corrected chi connectivity index (χ2v) is 12.4. The van der Waals surface area contributed by atoms with Crippen LogP contribution in [0, 0.1) is 0 Å². The first-order valence-corrected chi connectivity index (χ1v) is 18.0. The lowest BCUT2D eigenvalue weighted by Gasteiger charge is -2.18. The quantitative estimate of drug-likeness (QED) is 0.0274. The van der Waals surface area contributed by atoms with Gasteiger partial charge in [-0.15, -0.1) is 0 Å². The Labute approximate surface area is 270 Å². The van der Waals surface area contributed by atoms with Crippen molar-refractivity contribution in [3.63, 3.8) is 0 Å². The van der Waals surface area contributed by atoms with Gasteiger partial charge < -0.3 is 25.2 Å². The number of carbonyl (C=O) groups is 3. The number of hydrogen-bond acceptors (Lipinski definition) is 8. The van der Waals surface area contributed by atoms with Gasteiger partial charge in [-0.3, -0.25) is 18.6 Å². The van der Waals surface area contributed by atoms with Crippen LogP contribution >= 0.6 is 7.82 Å². The number of hydrogen-bond donors (Lipinski definition) is 4. The van der Waals surface area contributed by atoms with Crippen LogP contribution in [-0.4, -0.2) is 64.9 Å². The average Bonchev–Trinajstić information content (AvgIpc) is 3.00. The lowest BCUT2D eigenvalue weighted by Crippen LogP contribution is -2.43. The average molecular weight is 660 g/mol. The normalized spacial score (nSPS) is 14.6. The number of aliphatic hydroxyl groups excluding tert-OH is 1. The predicted octanol–water partition coefficient (Wildman–Crippen LogP) is 6.93. The van der Waals surface area contributed by atoms with Crippen molar-refractivity contribution in [2.75, 3.05) is 19.8 Å². The van der Waals surface area contributed by atoms with Crippen molar-refractivity contribution < 1.29 is 47.8 Å². The molecule has 0 aromatic heterocycles. The summed E-state index contributed by atoms with van der Waals surface area (Å²) in [6.45, 7) is 2.32. The van der Waals surface area contributed by atoms with E-state index in [2.05, 4.69) is 55.6 Å². The van der Waals surface area contributed by atoms with Gasteiger partial charge >= 0.3 is 19.8 Å². The lowest BCUT2D eigenvalue weighted by atomic mass is 10.1. The van der Waals surface area contributed by atoms with Crippen molar-refractivity contribution in [2.24, 2.45) is 0 Å². The largest absolute Gasteiger partial charge is 0.480 e. The fraction of sp³-hybridized carbons (Fsp3) is 0.727. The minimum atomic E-state index is -4.74. The molecule has 0 aromatic rings. The molecule has 4 N–H and O–H groups in total. The maximum atomic E-state index is 12.1. The third-order valence-corrected chi connectivity index (χ3v) is 7.64. The molecule has 12 heteroatoms. The minimum absolute atomic E-state index is 0.141. The Kier molecular flexibility index (Phi) is 27.6. The number of carbonyl (C=O) groups excluding carboxylic acids is 2. The number of unbranched alkanes of at least 4 members (excludes halogenated alkanes) is 10. The molecule has 0 rings (SSSR count). The third-order valence-electron chi connectivity index (χ3n) is 6.69. The Hall–Kier alpha value is -2.30. The molecular weight excluding hydrogens is 601 g/mol. The van der Waals surface area contributed by atoms with Crippen LogP contribution in [0.2, 0.25) is 0 Å². The molecule has 11 nitrogen and oxygen atoms in total. The van der Waals surface area contributed by atoms with E-state index in [9.17, 15) is 34.1 Å². The number of allylic oxidation sites excluding steroid dienone is 6. The first kappa shape index (κ1) is 42.7. The van der Waals surface area contributed by atoms with Gasteiger partial charge in [0, 0.05) is 12.8 Å². The van der Waals surface area contributed by atoms with E-state index in [1.165, 1.54) is 0 Å². The molecule has 3 unspecified atom stereocenters. The zero-order chi connectivity index (χ0) is 33.6. The van der Waals surface area contributed by atoms with Crippen LogP contribution in [0.1, 0.15) is 123 Å². The second kappa shape index (κ2) is 29.1. The van der Waals surface area contributed by atoms with Gasteiger partial charge in [0.15, 0.2) is 6.04 Å². The summed E-state index contributed by atoms with van der Waals surface area (Å²) in [4.78, 5) is 45.2. The number of esters is 1. The monoisotopic (exact) mass is 659 g/mol. The summed E-state index contributed by atoms with van der Waals surface area (Å²) < 4.78 is 26.5. The van der Waals surface area contributed by atoms with Crippen molar-refractivity contribution in [2.45, 2.75) is 135 Å². The van der Waals surface area contributed by atoms with Crippen LogP contribution in [0.15, 0.2) is 36.5 Å². The highest BCUT2D eigenvalue weighted by molar-refractivity contribution is 7.47. The van der Waals surface area contributed by atoms with E-state index in [1.54, 1.807) is 0 Å². The van der Waals surface area contributed by atoms with Crippen LogP contribution in [0.4, 0.5) is 0 Å². The van der Waals surface area contributed by atoms with Gasteiger partial charge in [0.25, 0.3) is 0 Å². The molecule has 1 amide bonds. The van der Waals surface area contributed by atoms with Crippen LogP contribution in [0.25, 0.3) is 0 Å². The first-order chi connectivity index (χ1) is 21.6. The highest BCUT2D eigenvalue weighted by atomic mass is 31.2. The zero-order valence-corrected chi connectivity index (χ0v) is 28.3. The molecule has 45 heavy (non-hydrogen) atoms. The van der Waals surface area contributed by atoms with Crippen LogP contribution < -0.4 is 5.32 Å². The summed E-state index contributed by atoms with van der Waals surface area (Å²) in [5.74, 6) is -2.41. The highest BCUT2D eigenvalue weighted by Gasteiger charge is 2.28. The molecule has 0 saturated carbocycles. The molecule has 0 aromatic carbocycles. The van der Waals surface area contributed by atoms with Crippen LogP contribution in [0.5, 0.6) is 0 Å². The number of ether oxygens (including phenoxy) is 1. The molecule has 0 aliphatic heterocycles. The number of phosphoric acid groups is 1. The number of amides is 1. The van der Waals surface area contributed by atoms with E-state index in [0.29, 0.717) is 12.8 Å². The summed E-state index contributed by atoms with van der Waals surface area (Å²) in [6.07, 6.45) is 26.6. The van der Waals surface area contributed by atoms with Gasteiger partial charge in [-0.2, -0.15) is 0 Å². The lowest BCUT2D eigenvalue weighted by molar-refractivity contribution is -0.147. The topological polar surface area (TPSA) is 169 Å². The molecule has 0 aliphatic carbocycles. The maximum Gasteiger partial charge on any atom is 0.472 e. The van der Waals surface area contributed by atoms with Crippen molar-refractivity contribution >= 4 is 25.7 Å². The molecule has 0 radical (unpaired) electrons. The minimum Gasteiger partial charge on any atom is -0.480 e. The molecule has 3 atom stereocenters. The van der Waals surface area contributed by atoms with Gasteiger partial charge in [0.2, 0.25) is 5.91 Å². The van der Waals surface area contributed by atoms with Crippen molar-refractivity contribution in [1.82, 2.24) is 5.32 Å². The van der Waals surface area contributed by atoms with E-state index >= 15 is 0 Å². The van der Waals surface area contributed by atoms with Crippen molar-refractivity contribution in [1.29, 1.82) is 0 Å². The summed E-state index contributed by atoms with van der Waals surface area (Å²) in [7, 11) is -4.74. The third kappa shape index (κ3) is 28.9. The summed E-state index contributed by atoms with van der Waals surface area (Å²) >= 11 is 0. The van der Waals surface area contributed by atoms with Crippen molar-refractivity contribution in [3.8, 4) is 0 Å². The summed E-state index contributed by atoms with van der Waals surface area (Å²) in [6, 6.07) is -1.54. The molecule has 0 fully saturated rings. The molecule has 0 aliphatic rings. The van der Waals surface area contributed by atoms with Gasteiger partial charge in [0.05, 0.1) is 13.2 Å². The maximum absolute atomic E-state index is 12.1. The number of aliphatic hydroxyl groups is 1. The molecule has 260 valence electrons.